The molecule has 4 heteroatoms. The van der Waals surface area contributed by atoms with Crippen molar-refractivity contribution < 1.29 is 4.79 Å². The summed E-state index contributed by atoms with van der Waals surface area (Å²) in [5.74, 6) is -0.407. The van der Waals surface area contributed by atoms with E-state index in [1.807, 2.05) is 6.07 Å². The summed E-state index contributed by atoms with van der Waals surface area (Å²) in [5.41, 5.74) is 13.5. The number of nitrogen functional groups attached to an aromatic ring is 1. The predicted molar refractivity (Wildman–Crippen MR) is 79.3 cm³/mol. The van der Waals surface area contributed by atoms with E-state index >= 15 is 0 Å². The number of primary amides is 1. The zero-order valence-electron chi connectivity index (χ0n) is 11.6. The van der Waals surface area contributed by atoms with Crippen LogP contribution in [0.3, 0.4) is 0 Å². The van der Waals surface area contributed by atoms with E-state index in [0.717, 1.165) is 5.69 Å². The maximum Gasteiger partial charge on any atom is 0.248 e. The number of rotatable bonds is 3. The highest BCUT2D eigenvalue weighted by Crippen LogP contribution is 2.30. The van der Waals surface area contributed by atoms with Crippen LogP contribution in [0, 0.1) is 0 Å². The van der Waals surface area contributed by atoms with Gasteiger partial charge in [-0.1, -0.05) is 25.7 Å². The number of hydrogen-bond donors (Lipinski definition) is 2. The summed E-state index contributed by atoms with van der Waals surface area (Å²) in [6, 6.07) is 5.76. The lowest BCUT2D eigenvalue weighted by atomic mass is 10.1. The number of amides is 1. The van der Waals surface area contributed by atoms with Gasteiger partial charge in [0.05, 0.1) is 11.4 Å². The normalized spacial score (nSPS) is 16.9. The Morgan fingerprint density at radius 3 is 2.42 bits per heavy atom. The van der Waals surface area contributed by atoms with Gasteiger partial charge in [-0.05, 0) is 31.0 Å². The summed E-state index contributed by atoms with van der Waals surface area (Å²) in [4.78, 5) is 13.5. The SMILES string of the molecule is CN(c1cc(C(N)=O)ccc1N)C1CCCCCC1. The number of carbonyl (C=O) groups excluding carboxylic acids is 1. The first-order valence-corrected chi connectivity index (χ1v) is 7.02. The van der Waals surface area contributed by atoms with Gasteiger partial charge < -0.3 is 16.4 Å². The number of benzene rings is 1. The van der Waals surface area contributed by atoms with Gasteiger partial charge in [0.1, 0.15) is 0 Å². The van der Waals surface area contributed by atoms with Gasteiger partial charge in [-0.15, -0.1) is 0 Å². The standard InChI is InChI=1S/C15H23N3O/c1-18(12-6-4-2-3-5-7-12)14-10-11(15(17)19)8-9-13(14)16/h8-10,12H,2-7,16H2,1H3,(H2,17,19). The van der Waals surface area contributed by atoms with E-state index in [4.69, 9.17) is 11.5 Å². The molecule has 1 fully saturated rings. The maximum absolute atomic E-state index is 11.3. The molecule has 104 valence electrons. The summed E-state index contributed by atoms with van der Waals surface area (Å²) in [6.07, 6.45) is 7.56. The van der Waals surface area contributed by atoms with E-state index in [1.165, 1.54) is 38.5 Å². The molecule has 19 heavy (non-hydrogen) atoms. The molecule has 1 aliphatic rings. The van der Waals surface area contributed by atoms with Crippen LogP contribution < -0.4 is 16.4 Å². The van der Waals surface area contributed by atoms with Gasteiger partial charge in [0.25, 0.3) is 0 Å². The highest BCUT2D eigenvalue weighted by atomic mass is 16.1. The van der Waals surface area contributed by atoms with Gasteiger partial charge in [0.15, 0.2) is 0 Å². The van der Waals surface area contributed by atoms with E-state index in [2.05, 4.69) is 11.9 Å². The van der Waals surface area contributed by atoms with Crippen molar-refractivity contribution >= 4 is 17.3 Å². The molecule has 4 nitrogen and oxygen atoms in total. The third kappa shape index (κ3) is 3.19. The van der Waals surface area contributed by atoms with Crippen molar-refractivity contribution in [3.05, 3.63) is 23.8 Å². The minimum Gasteiger partial charge on any atom is -0.397 e. The van der Waals surface area contributed by atoms with Crippen LogP contribution in [0.1, 0.15) is 48.9 Å². The summed E-state index contributed by atoms with van der Waals surface area (Å²) < 4.78 is 0. The first-order chi connectivity index (χ1) is 9.09. The van der Waals surface area contributed by atoms with Gasteiger partial charge in [-0.2, -0.15) is 0 Å². The van der Waals surface area contributed by atoms with Crippen LogP contribution in [-0.2, 0) is 0 Å². The van der Waals surface area contributed by atoms with E-state index in [9.17, 15) is 4.79 Å². The largest absolute Gasteiger partial charge is 0.397 e. The lowest BCUT2D eigenvalue weighted by Crippen LogP contribution is -2.32. The Morgan fingerprint density at radius 2 is 1.84 bits per heavy atom. The highest BCUT2D eigenvalue weighted by molar-refractivity contribution is 5.95. The van der Waals surface area contributed by atoms with Crippen molar-refractivity contribution in [1.29, 1.82) is 0 Å². The fourth-order valence-corrected chi connectivity index (χ4v) is 2.84. The molecule has 2 rings (SSSR count). The third-order valence-corrected chi connectivity index (χ3v) is 4.07. The number of hydrogen-bond acceptors (Lipinski definition) is 3. The second kappa shape index (κ2) is 5.95. The predicted octanol–water partition coefficient (Wildman–Crippen LogP) is 2.53. The summed E-state index contributed by atoms with van der Waals surface area (Å²) in [5, 5.41) is 0. The molecule has 4 N–H and O–H groups in total. The van der Waals surface area contributed by atoms with Crippen LogP contribution in [-0.4, -0.2) is 19.0 Å². The second-order valence-electron chi connectivity index (χ2n) is 5.39. The molecule has 1 aromatic carbocycles. The van der Waals surface area contributed by atoms with E-state index < -0.39 is 5.91 Å². The Bertz CT molecular complexity index is 451. The number of nitrogens with two attached hydrogens (primary N) is 2. The molecule has 1 amide bonds. The average Bonchev–Trinajstić information content (AvgIpc) is 2.67. The van der Waals surface area contributed by atoms with Crippen LogP contribution in [0.4, 0.5) is 11.4 Å². The molecule has 1 aromatic rings. The van der Waals surface area contributed by atoms with Gasteiger partial charge in [0.2, 0.25) is 5.91 Å². The zero-order valence-corrected chi connectivity index (χ0v) is 11.6. The van der Waals surface area contributed by atoms with Gasteiger partial charge in [-0.25, -0.2) is 0 Å². The Labute approximate surface area is 114 Å². The molecule has 0 bridgehead atoms. The summed E-state index contributed by atoms with van der Waals surface area (Å²) in [7, 11) is 2.06. The molecule has 0 radical (unpaired) electrons. The highest BCUT2D eigenvalue weighted by Gasteiger charge is 2.19. The van der Waals surface area contributed by atoms with Crippen LogP contribution in [0.15, 0.2) is 18.2 Å². The van der Waals surface area contributed by atoms with Crippen molar-refractivity contribution in [2.75, 3.05) is 17.7 Å². The van der Waals surface area contributed by atoms with Crippen molar-refractivity contribution in [3.8, 4) is 0 Å². The smallest absolute Gasteiger partial charge is 0.248 e. The zero-order chi connectivity index (χ0) is 13.8. The number of anilines is 2. The second-order valence-corrected chi connectivity index (χ2v) is 5.39. The Kier molecular flexibility index (Phi) is 4.30. The van der Waals surface area contributed by atoms with Crippen LogP contribution in [0.25, 0.3) is 0 Å². The molecule has 1 saturated carbocycles. The van der Waals surface area contributed by atoms with Crippen molar-refractivity contribution in [3.63, 3.8) is 0 Å². The van der Waals surface area contributed by atoms with Crippen LogP contribution in [0.5, 0.6) is 0 Å². The maximum atomic E-state index is 11.3. The van der Waals surface area contributed by atoms with Gasteiger partial charge >= 0.3 is 0 Å². The fourth-order valence-electron chi connectivity index (χ4n) is 2.84. The Balaban J connectivity index is 2.23. The number of nitrogens with zero attached hydrogens (tertiary/aromatic N) is 1. The minimum atomic E-state index is -0.407. The number of carbonyl (C=O) groups is 1. The van der Waals surface area contributed by atoms with E-state index in [1.54, 1.807) is 12.1 Å². The quantitative estimate of drug-likeness (QED) is 0.648. The first-order valence-electron chi connectivity index (χ1n) is 7.02. The molecule has 0 spiro atoms. The molecule has 0 aromatic heterocycles. The van der Waals surface area contributed by atoms with Crippen LogP contribution in [0.2, 0.25) is 0 Å². The Hall–Kier alpha value is -1.71. The van der Waals surface area contributed by atoms with E-state index in [0.29, 0.717) is 17.3 Å². The summed E-state index contributed by atoms with van der Waals surface area (Å²) in [6.45, 7) is 0. The molecule has 0 aliphatic heterocycles. The van der Waals surface area contributed by atoms with Gasteiger partial charge in [0, 0.05) is 18.7 Å². The Morgan fingerprint density at radius 1 is 1.21 bits per heavy atom. The minimum absolute atomic E-state index is 0.407. The third-order valence-electron chi connectivity index (χ3n) is 4.07. The summed E-state index contributed by atoms with van der Waals surface area (Å²) >= 11 is 0. The van der Waals surface area contributed by atoms with Crippen LogP contribution >= 0.6 is 0 Å². The molecule has 0 unspecified atom stereocenters. The van der Waals surface area contributed by atoms with Crippen molar-refractivity contribution in [2.24, 2.45) is 5.73 Å². The molecular weight excluding hydrogens is 238 g/mol. The van der Waals surface area contributed by atoms with Crippen molar-refractivity contribution in [2.45, 2.75) is 44.6 Å². The van der Waals surface area contributed by atoms with Crippen molar-refractivity contribution in [1.82, 2.24) is 0 Å². The van der Waals surface area contributed by atoms with Gasteiger partial charge in [-0.3, -0.25) is 4.79 Å². The lowest BCUT2D eigenvalue weighted by Gasteiger charge is -2.30. The molecule has 0 atom stereocenters. The molecular formula is C15H23N3O. The average molecular weight is 261 g/mol. The molecule has 0 saturated heterocycles. The fraction of sp³-hybridized carbons (Fsp3) is 0.533. The topological polar surface area (TPSA) is 72.3 Å². The van der Waals surface area contributed by atoms with E-state index in [-0.39, 0.29) is 0 Å². The molecule has 1 aliphatic carbocycles. The monoisotopic (exact) mass is 261 g/mol. The molecule has 0 heterocycles. The lowest BCUT2D eigenvalue weighted by molar-refractivity contribution is 0.100. The first kappa shape index (κ1) is 13.7.